The topological polar surface area (TPSA) is 32.5 Å². The van der Waals surface area contributed by atoms with E-state index in [0.717, 1.165) is 18.5 Å². The zero-order valence-corrected chi connectivity index (χ0v) is 8.58. The van der Waals surface area contributed by atoms with E-state index in [2.05, 4.69) is 16.8 Å². The molecule has 0 radical (unpaired) electrons. The van der Waals surface area contributed by atoms with E-state index >= 15 is 0 Å². The SMILES string of the molecule is CN1CC(CN2CCC2CCN)C1. The fraction of sp³-hybridized carbons (Fsp3) is 1.00. The van der Waals surface area contributed by atoms with Crippen LogP contribution in [0.5, 0.6) is 0 Å². The highest BCUT2D eigenvalue weighted by Crippen LogP contribution is 2.24. The molecule has 0 bridgehead atoms. The summed E-state index contributed by atoms with van der Waals surface area (Å²) in [5.41, 5.74) is 5.57. The molecule has 1 atom stereocenters. The van der Waals surface area contributed by atoms with E-state index in [1.807, 2.05) is 0 Å². The number of rotatable bonds is 4. The molecule has 2 heterocycles. The third kappa shape index (κ3) is 2.03. The van der Waals surface area contributed by atoms with Crippen molar-refractivity contribution in [2.45, 2.75) is 18.9 Å². The van der Waals surface area contributed by atoms with E-state index in [0.29, 0.717) is 0 Å². The zero-order valence-electron chi connectivity index (χ0n) is 8.58. The minimum Gasteiger partial charge on any atom is -0.330 e. The molecule has 3 heteroatoms. The van der Waals surface area contributed by atoms with Gasteiger partial charge < -0.3 is 10.6 Å². The molecule has 0 amide bonds. The Hall–Kier alpha value is -0.120. The first-order valence-electron chi connectivity index (χ1n) is 5.42. The van der Waals surface area contributed by atoms with Gasteiger partial charge in [-0.1, -0.05) is 0 Å². The number of likely N-dealkylation sites (tertiary alicyclic amines) is 2. The fourth-order valence-corrected chi connectivity index (χ4v) is 2.53. The minimum atomic E-state index is 0.816. The summed E-state index contributed by atoms with van der Waals surface area (Å²) in [5.74, 6) is 0.936. The molecule has 1 unspecified atom stereocenters. The molecule has 76 valence electrons. The van der Waals surface area contributed by atoms with Gasteiger partial charge in [0.1, 0.15) is 0 Å². The molecule has 0 aliphatic carbocycles. The third-order valence-corrected chi connectivity index (χ3v) is 3.40. The van der Waals surface area contributed by atoms with Gasteiger partial charge in [-0.2, -0.15) is 0 Å². The van der Waals surface area contributed by atoms with E-state index in [9.17, 15) is 0 Å². The van der Waals surface area contributed by atoms with Crippen molar-refractivity contribution in [3.8, 4) is 0 Å². The van der Waals surface area contributed by atoms with Crippen LogP contribution in [-0.4, -0.2) is 55.6 Å². The summed E-state index contributed by atoms with van der Waals surface area (Å²) in [6, 6.07) is 0.816. The summed E-state index contributed by atoms with van der Waals surface area (Å²) in [7, 11) is 2.20. The Balaban J connectivity index is 1.65. The normalized spacial score (nSPS) is 31.4. The zero-order chi connectivity index (χ0) is 9.26. The van der Waals surface area contributed by atoms with E-state index in [1.165, 1.54) is 39.0 Å². The molecular formula is C10H21N3. The van der Waals surface area contributed by atoms with Gasteiger partial charge in [0.05, 0.1) is 0 Å². The lowest BCUT2D eigenvalue weighted by Crippen LogP contribution is -2.56. The second-order valence-electron chi connectivity index (χ2n) is 4.60. The van der Waals surface area contributed by atoms with Crippen molar-refractivity contribution in [1.82, 2.24) is 9.80 Å². The molecule has 3 nitrogen and oxygen atoms in total. The van der Waals surface area contributed by atoms with E-state index in [4.69, 9.17) is 5.73 Å². The highest BCUT2D eigenvalue weighted by atomic mass is 15.2. The average molecular weight is 183 g/mol. The number of nitrogens with zero attached hydrogens (tertiary/aromatic N) is 2. The fourth-order valence-electron chi connectivity index (χ4n) is 2.53. The summed E-state index contributed by atoms with van der Waals surface area (Å²) in [6.07, 6.45) is 2.57. The highest BCUT2D eigenvalue weighted by Gasteiger charge is 2.32. The van der Waals surface area contributed by atoms with Gasteiger partial charge >= 0.3 is 0 Å². The van der Waals surface area contributed by atoms with E-state index in [-0.39, 0.29) is 0 Å². The van der Waals surface area contributed by atoms with Gasteiger partial charge in [0.15, 0.2) is 0 Å². The van der Waals surface area contributed by atoms with Crippen LogP contribution in [-0.2, 0) is 0 Å². The van der Waals surface area contributed by atoms with E-state index in [1.54, 1.807) is 0 Å². The van der Waals surface area contributed by atoms with Gasteiger partial charge in [0, 0.05) is 25.7 Å². The number of hydrogen-bond acceptors (Lipinski definition) is 3. The molecule has 13 heavy (non-hydrogen) atoms. The first kappa shape index (κ1) is 9.44. The lowest BCUT2D eigenvalue weighted by atomic mass is 9.94. The molecule has 2 rings (SSSR count). The third-order valence-electron chi connectivity index (χ3n) is 3.40. The number of hydrogen-bond donors (Lipinski definition) is 1. The monoisotopic (exact) mass is 183 g/mol. The van der Waals surface area contributed by atoms with Crippen molar-refractivity contribution < 1.29 is 0 Å². The Morgan fingerprint density at radius 1 is 1.38 bits per heavy atom. The smallest absolute Gasteiger partial charge is 0.0120 e. The molecule has 2 N–H and O–H groups in total. The van der Waals surface area contributed by atoms with Crippen LogP contribution in [0.1, 0.15) is 12.8 Å². The quantitative estimate of drug-likeness (QED) is 0.664. The molecule has 0 spiro atoms. The van der Waals surface area contributed by atoms with Crippen LogP contribution in [0.15, 0.2) is 0 Å². The summed E-state index contributed by atoms with van der Waals surface area (Å²) >= 11 is 0. The van der Waals surface area contributed by atoms with Crippen molar-refractivity contribution in [2.75, 3.05) is 39.8 Å². The molecule has 2 fully saturated rings. The van der Waals surface area contributed by atoms with Crippen LogP contribution in [0.25, 0.3) is 0 Å². The summed E-state index contributed by atoms with van der Waals surface area (Å²) in [5, 5.41) is 0. The summed E-state index contributed by atoms with van der Waals surface area (Å²) in [6.45, 7) is 6.07. The van der Waals surface area contributed by atoms with Crippen molar-refractivity contribution in [1.29, 1.82) is 0 Å². The lowest BCUT2D eigenvalue weighted by Gasteiger charge is -2.46. The van der Waals surface area contributed by atoms with Crippen molar-refractivity contribution in [3.63, 3.8) is 0 Å². The Kier molecular flexibility index (Phi) is 2.86. The van der Waals surface area contributed by atoms with Gasteiger partial charge in [-0.3, -0.25) is 4.90 Å². The molecule has 0 aromatic rings. The van der Waals surface area contributed by atoms with Crippen LogP contribution in [0.4, 0.5) is 0 Å². The van der Waals surface area contributed by atoms with Crippen molar-refractivity contribution in [2.24, 2.45) is 11.7 Å². The molecule has 0 saturated carbocycles. The number of nitrogens with two attached hydrogens (primary N) is 1. The Bertz CT molecular complexity index is 166. The summed E-state index contributed by atoms with van der Waals surface area (Å²) < 4.78 is 0. The van der Waals surface area contributed by atoms with Crippen LogP contribution >= 0.6 is 0 Å². The predicted molar refractivity (Wildman–Crippen MR) is 54.6 cm³/mol. The Labute approximate surface area is 80.9 Å². The van der Waals surface area contributed by atoms with E-state index < -0.39 is 0 Å². The highest BCUT2D eigenvalue weighted by molar-refractivity contribution is 4.88. The lowest BCUT2D eigenvalue weighted by molar-refractivity contribution is 0.0224. The van der Waals surface area contributed by atoms with Crippen molar-refractivity contribution in [3.05, 3.63) is 0 Å². The first-order chi connectivity index (χ1) is 6.29. The largest absolute Gasteiger partial charge is 0.330 e. The van der Waals surface area contributed by atoms with Crippen molar-refractivity contribution >= 4 is 0 Å². The van der Waals surface area contributed by atoms with Gasteiger partial charge in [-0.25, -0.2) is 0 Å². The minimum absolute atomic E-state index is 0.816. The molecule has 2 saturated heterocycles. The standard InChI is InChI=1S/C10H21N3/c1-12-6-9(7-12)8-13-5-3-10(13)2-4-11/h9-10H,2-8,11H2,1H3. The second kappa shape index (κ2) is 3.95. The second-order valence-corrected chi connectivity index (χ2v) is 4.60. The molecular weight excluding hydrogens is 162 g/mol. The van der Waals surface area contributed by atoms with Crippen LogP contribution in [0.2, 0.25) is 0 Å². The van der Waals surface area contributed by atoms with Gasteiger partial charge in [-0.05, 0) is 38.9 Å². The maximum absolute atomic E-state index is 5.57. The Morgan fingerprint density at radius 2 is 2.15 bits per heavy atom. The average Bonchev–Trinajstić information content (AvgIpc) is 2.04. The van der Waals surface area contributed by atoms with Gasteiger partial charge in [-0.15, -0.1) is 0 Å². The molecule has 2 aliphatic rings. The van der Waals surface area contributed by atoms with Crippen LogP contribution < -0.4 is 5.73 Å². The molecule has 0 aromatic carbocycles. The summed E-state index contributed by atoms with van der Waals surface area (Å²) in [4.78, 5) is 5.01. The molecule has 0 aromatic heterocycles. The van der Waals surface area contributed by atoms with Crippen LogP contribution in [0, 0.1) is 5.92 Å². The maximum atomic E-state index is 5.57. The molecule has 2 aliphatic heterocycles. The Morgan fingerprint density at radius 3 is 2.62 bits per heavy atom. The first-order valence-corrected chi connectivity index (χ1v) is 5.42. The maximum Gasteiger partial charge on any atom is 0.0120 e. The van der Waals surface area contributed by atoms with Crippen LogP contribution in [0.3, 0.4) is 0 Å². The van der Waals surface area contributed by atoms with Gasteiger partial charge in [0.2, 0.25) is 0 Å². The predicted octanol–water partition coefficient (Wildman–Crippen LogP) is -0.0289. The van der Waals surface area contributed by atoms with Gasteiger partial charge in [0.25, 0.3) is 0 Å².